The molecule has 0 aliphatic heterocycles. The van der Waals surface area contributed by atoms with Gasteiger partial charge in [0.15, 0.2) is 0 Å². The number of hydrogen-bond donors (Lipinski definition) is 1. The maximum atomic E-state index is 6.14. The summed E-state index contributed by atoms with van der Waals surface area (Å²) in [5, 5.41) is 4.19. The number of ether oxygens (including phenoxy) is 1. The van der Waals surface area contributed by atoms with Gasteiger partial charge in [-0.15, -0.1) is 11.3 Å². The van der Waals surface area contributed by atoms with E-state index in [1.54, 1.807) is 18.4 Å². The van der Waals surface area contributed by atoms with E-state index in [-0.39, 0.29) is 0 Å². The first-order chi connectivity index (χ1) is 9.67. The first-order valence-corrected chi connectivity index (χ1v) is 8.13. The zero-order valence-electron chi connectivity index (χ0n) is 11.1. The molecule has 1 aromatic carbocycles. The van der Waals surface area contributed by atoms with Gasteiger partial charge >= 0.3 is 0 Å². The molecule has 1 heterocycles. The lowest BCUT2D eigenvalue weighted by molar-refractivity contribution is 0.415. The average Bonchev–Trinajstić information content (AvgIpc) is 2.82. The van der Waals surface area contributed by atoms with Gasteiger partial charge in [-0.05, 0) is 43.0 Å². The first kappa shape index (κ1) is 14.1. The van der Waals surface area contributed by atoms with Gasteiger partial charge in [-0.25, -0.2) is 0 Å². The van der Waals surface area contributed by atoms with E-state index >= 15 is 0 Å². The molecule has 0 fully saturated rings. The van der Waals surface area contributed by atoms with E-state index in [0.29, 0.717) is 16.8 Å². The Kier molecular flexibility index (Phi) is 4.11. The number of rotatable bonds is 3. The smallest absolute Gasteiger partial charge is 0.139 e. The molecule has 3 rings (SSSR count). The van der Waals surface area contributed by atoms with Crippen molar-refractivity contribution in [1.29, 1.82) is 0 Å². The predicted molar refractivity (Wildman–Crippen MR) is 86.6 cm³/mol. The lowest BCUT2D eigenvalue weighted by Gasteiger charge is -2.25. The van der Waals surface area contributed by atoms with Gasteiger partial charge in [0.2, 0.25) is 0 Å². The fraction of sp³-hybridized carbons (Fsp3) is 0.333. The Morgan fingerprint density at radius 3 is 2.95 bits per heavy atom. The highest BCUT2D eigenvalue weighted by molar-refractivity contribution is 7.16. The molecular formula is C15H15Cl2NOS. The van der Waals surface area contributed by atoms with Gasteiger partial charge in [0.1, 0.15) is 5.75 Å². The normalized spacial score (nSPS) is 17.6. The Morgan fingerprint density at radius 2 is 2.15 bits per heavy atom. The molecule has 20 heavy (non-hydrogen) atoms. The predicted octanol–water partition coefficient (Wildman–Crippen LogP) is 5.55. The van der Waals surface area contributed by atoms with Crippen LogP contribution in [0.1, 0.15) is 29.3 Å². The number of hydrogen-bond acceptors (Lipinski definition) is 3. The number of aryl methyl sites for hydroxylation is 1. The molecule has 2 aromatic rings. The lowest BCUT2D eigenvalue weighted by Crippen LogP contribution is -2.15. The van der Waals surface area contributed by atoms with Crippen molar-refractivity contribution >= 4 is 40.2 Å². The molecule has 1 aromatic heterocycles. The van der Waals surface area contributed by atoms with Crippen LogP contribution in [-0.2, 0) is 6.42 Å². The number of nitrogens with one attached hydrogen (secondary N) is 1. The van der Waals surface area contributed by atoms with Crippen molar-refractivity contribution in [3.8, 4) is 5.75 Å². The molecule has 0 radical (unpaired) electrons. The lowest BCUT2D eigenvalue weighted by atomic mass is 9.94. The Morgan fingerprint density at radius 1 is 1.30 bits per heavy atom. The summed E-state index contributed by atoms with van der Waals surface area (Å²) in [7, 11) is 1.63. The van der Waals surface area contributed by atoms with E-state index in [2.05, 4.69) is 11.4 Å². The van der Waals surface area contributed by atoms with E-state index in [1.165, 1.54) is 16.9 Å². The average molecular weight is 328 g/mol. The number of methoxy groups -OCH3 is 1. The summed E-state index contributed by atoms with van der Waals surface area (Å²) in [6.07, 6.45) is 3.44. The summed E-state index contributed by atoms with van der Waals surface area (Å²) < 4.78 is 6.13. The summed E-state index contributed by atoms with van der Waals surface area (Å²) in [4.78, 5) is 1.40. The van der Waals surface area contributed by atoms with Gasteiger partial charge in [0.05, 0.1) is 22.5 Å². The number of halogens is 2. The van der Waals surface area contributed by atoms with Gasteiger partial charge in [-0.1, -0.05) is 23.2 Å². The number of thiophene rings is 1. The molecule has 5 heteroatoms. The fourth-order valence-corrected chi connectivity index (χ4v) is 4.20. The van der Waals surface area contributed by atoms with Crippen LogP contribution >= 0.6 is 34.5 Å². The molecule has 0 amide bonds. The largest absolute Gasteiger partial charge is 0.495 e. The summed E-state index contributed by atoms with van der Waals surface area (Å²) in [6, 6.07) is 8.17. The van der Waals surface area contributed by atoms with Crippen LogP contribution in [0.3, 0.4) is 0 Å². The second-order valence-corrected chi connectivity index (χ2v) is 7.04. The van der Waals surface area contributed by atoms with Crippen LogP contribution in [0.5, 0.6) is 5.75 Å². The SMILES string of the molecule is COc1cc(NC2CCCc3sc(Cl)cc32)ccc1Cl. The monoisotopic (exact) mass is 327 g/mol. The van der Waals surface area contributed by atoms with Crippen molar-refractivity contribution in [2.75, 3.05) is 12.4 Å². The number of fused-ring (bicyclic) bond motifs is 1. The molecule has 0 saturated heterocycles. The van der Waals surface area contributed by atoms with E-state index < -0.39 is 0 Å². The molecule has 1 unspecified atom stereocenters. The van der Waals surface area contributed by atoms with E-state index in [4.69, 9.17) is 27.9 Å². The zero-order valence-corrected chi connectivity index (χ0v) is 13.4. The van der Waals surface area contributed by atoms with Gasteiger partial charge in [0, 0.05) is 16.6 Å². The molecule has 1 atom stereocenters. The molecule has 0 bridgehead atoms. The Bertz CT molecular complexity index is 626. The maximum absolute atomic E-state index is 6.14. The fourth-order valence-electron chi connectivity index (χ4n) is 2.62. The van der Waals surface area contributed by atoms with Crippen LogP contribution in [0.4, 0.5) is 5.69 Å². The second kappa shape index (κ2) is 5.84. The van der Waals surface area contributed by atoms with Crippen molar-refractivity contribution in [3.63, 3.8) is 0 Å². The molecule has 1 aliphatic rings. The Labute approximate surface area is 132 Å². The highest BCUT2D eigenvalue weighted by atomic mass is 35.5. The van der Waals surface area contributed by atoms with Crippen molar-refractivity contribution in [2.45, 2.75) is 25.3 Å². The summed E-state index contributed by atoms with van der Waals surface area (Å²) in [5.74, 6) is 0.691. The molecule has 0 saturated carbocycles. The molecule has 0 spiro atoms. The summed E-state index contributed by atoms with van der Waals surface area (Å²) >= 11 is 13.9. The van der Waals surface area contributed by atoms with Crippen molar-refractivity contribution in [2.24, 2.45) is 0 Å². The third-order valence-electron chi connectivity index (χ3n) is 3.58. The molecule has 106 valence electrons. The van der Waals surface area contributed by atoms with Crippen molar-refractivity contribution in [1.82, 2.24) is 0 Å². The maximum Gasteiger partial charge on any atom is 0.139 e. The van der Waals surface area contributed by atoms with Crippen molar-refractivity contribution in [3.05, 3.63) is 44.1 Å². The Hall–Kier alpha value is -0.900. The minimum atomic E-state index is 0.313. The number of anilines is 1. The number of benzene rings is 1. The van der Waals surface area contributed by atoms with Gasteiger partial charge in [-0.2, -0.15) is 0 Å². The van der Waals surface area contributed by atoms with Crippen molar-refractivity contribution < 1.29 is 4.74 Å². The van der Waals surface area contributed by atoms with Gasteiger partial charge in [0.25, 0.3) is 0 Å². The van der Waals surface area contributed by atoms with Crippen LogP contribution in [0.15, 0.2) is 24.3 Å². The second-order valence-electron chi connectivity index (χ2n) is 4.87. The van der Waals surface area contributed by atoms with Gasteiger partial charge < -0.3 is 10.1 Å². The van der Waals surface area contributed by atoms with Crippen LogP contribution in [0.2, 0.25) is 9.36 Å². The molecular weight excluding hydrogens is 313 g/mol. The van der Waals surface area contributed by atoms with E-state index in [9.17, 15) is 0 Å². The third-order valence-corrected chi connectivity index (χ3v) is 5.23. The van der Waals surface area contributed by atoms with E-state index in [0.717, 1.165) is 22.9 Å². The Balaban J connectivity index is 1.85. The summed E-state index contributed by atoms with van der Waals surface area (Å²) in [5.41, 5.74) is 2.35. The van der Waals surface area contributed by atoms with Crippen LogP contribution in [0.25, 0.3) is 0 Å². The third kappa shape index (κ3) is 2.76. The summed E-state index contributed by atoms with van der Waals surface area (Å²) in [6.45, 7) is 0. The highest BCUT2D eigenvalue weighted by Crippen LogP contribution is 2.40. The van der Waals surface area contributed by atoms with Crippen LogP contribution in [0, 0.1) is 0 Å². The minimum Gasteiger partial charge on any atom is -0.495 e. The standard InChI is InChI=1S/C15H15Cl2NOS/c1-19-13-7-9(5-6-11(13)16)18-12-3-2-4-14-10(12)8-15(17)20-14/h5-8,12,18H,2-4H2,1H3. The quantitative estimate of drug-likeness (QED) is 0.797. The van der Waals surface area contributed by atoms with Crippen LogP contribution in [-0.4, -0.2) is 7.11 Å². The zero-order chi connectivity index (χ0) is 14.1. The van der Waals surface area contributed by atoms with E-state index in [1.807, 2.05) is 18.2 Å². The highest BCUT2D eigenvalue weighted by Gasteiger charge is 2.22. The van der Waals surface area contributed by atoms with Crippen LogP contribution < -0.4 is 10.1 Å². The molecule has 1 aliphatic carbocycles. The first-order valence-electron chi connectivity index (χ1n) is 6.55. The van der Waals surface area contributed by atoms with Gasteiger partial charge in [-0.3, -0.25) is 0 Å². The molecule has 1 N–H and O–H groups in total. The topological polar surface area (TPSA) is 21.3 Å². The minimum absolute atomic E-state index is 0.313. The molecule has 2 nitrogen and oxygen atoms in total.